The summed E-state index contributed by atoms with van der Waals surface area (Å²) in [6.45, 7) is 1.24. The second-order valence-corrected chi connectivity index (χ2v) is 15.6. The number of alkyl carbamates (subject to hydrolysis) is 2. The van der Waals surface area contributed by atoms with Gasteiger partial charge in [0.15, 0.2) is 0 Å². The van der Waals surface area contributed by atoms with Crippen molar-refractivity contribution < 1.29 is 28.7 Å². The number of amides is 4. The summed E-state index contributed by atoms with van der Waals surface area (Å²) in [7, 11) is 2.63. The minimum atomic E-state index is -0.583. The van der Waals surface area contributed by atoms with Gasteiger partial charge in [0.1, 0.15) is 23.7 Å². The first kappa shape index (κ1) is 46.5. The lowest BCUT2D eigenvalue weighted by Crippen LogP contribution is -2.49. The van der Waals surface area contributed by atoms with Gasteiger partial charge >= 0.3 is 12.2 Å². The number of nitrogens with one attached hydrogen (secondary N) is 4. The number of fused-ring (bicyclic) bond motifs is 2. The van der Waals surface area contributed by atoms with E-state index in [1.807, 2.05) is 21.9 Å². The van der Waals surface area contributed by atoms with Crippen molar-refractivity contribution in [2.45, 2.75) is 75.5 Å². The molecule has 60 heavy (non-hydrogen) atoms. The smallest absolute Gasteiger partial charge is 0.407 e. The van der Waals surface area contributed by atoms with Gasteiger partial charge in [0.05, 0.1) is 48.4 Å². The second kappa shape index (κ2) is 19.5. The van der Waals surface area contributed by atoms with E-state index >= 15 is 0 Å². The van der Waals surface area contributed by atoms with E-state index in [1.165, 1.54) is 14.2 Å². The number of hydrogen-bond donors (Lipinski definition) is 4. The number of rotatable bonds is 10. The molecule has 2 aliphatic heterocycles. The molecule has 9 rings (SSSR count). The van der Waals surface area contributed by atoms with E-state index < -0.39 is 24.3 Å². The average Bonchev–Trinajstić information content (AvgIpc) is 4.00. The zero-order valence-electron chi connectivity index (χ0n) is 33.5. The number of ether oxygens (including phenoxy) is 2. The number of imidazole rings is 2. The molecule has 14 nitrogen and oxygen atoms in total. The SMILES string of the molecule is COC(=O)N[C@H](C(=O)N1CCC[C@H]1c1nc2ccc(-c3ccc(-c4ccc5nc([C@@H]6CCCN6C(=O)[C@@H](NC(=O)OC)C6CC6)[nH]c5c4)cc3)cc2[nH]1)C1CC1.S.S.S.S. The predicted octanol–water partition coefficient (Wildman–Crippen LogP) is 6.82. The van der Waals surface area contributed by atoms with Crippen molar-refractivity contribution in [1.82, 2.24) is 40.4 Å². The number of aromatic nitrogens is 4. The Labute approximate surface area is 376 Å². The van der Waals surface area contributed by atoms with E-state index in [0.29, 0.717) is 13.1 Å². The molecule has 2 saturated carbocycles. The van der Waals surface area contributed by atoms with Crippen LogP contribution in [0.15, 0.2) is 60.7 Å². The van der Waals surface area contributed by atoms with Crippen LogP contribution in [-0.4, -0.2) is 93.1 Å². The highest BCUT2D eigenvalue weighted by Crippen LogP contribution is 2.40. The number of carbonyl (C=O) groups excluding carboxylic acids is 4. The van der Waals surface area contributed by atoms with E-state index in [9.17, 15) is 19.2 Å². The first-order chi connectivity index (χ1) is 27.3. The van der Waals surface area contributed by atoms with Crippen LogP contribution in [0.25, 0.3) is 44.3 Å². The molecular weight excluding hydrogens is 841 g/mol. The van der Waals surface area contributed by atoms with E-state index in [2.05, 4.69) is 69.1 Å². The number of benzene rings is 3. The summed E-state index contributed by atoms with van der Waals surface area (Å²) in [5.41, 5.74) is 7.69. The lowest BCUT2D eigenvalue weighted by atomic mass is 10.00. The van der Waals surface area contributed by atoms with E-state index in [1.54, 1.807) is 0 Å². The van der Waals surface area contributed by atoms with Gasteiger partial charge < -0.3 is 39.9 Å². The van der Waals surface area contributed by atoms with Crippen LogP contribution in [0, 0.1) is 11.8 Å². The molecule has 0 radical (unpaired) electrons. The fraction of sp³-hybridized carbons (Fsp3) is 0.429. The van der Waals surface area contributed by atoms with Gasteiger partial charge in [-0.25, -0.2) is 19.6 Å². The second-order valence-electron chi connectivity index (χ2n) is 15.6. The molecule has 5 aromatic rings. The van der Waals surface area contributed by atoms with Gasteiger partial charge in [-0.2, -0.15) is 54.0 Å². The molecule has 2 saturated heterocycles. The molecule has 4 heterocycles. The van der Waals surface area contributed by atoms with Crippen LogP contribution in [0.3, 0.4) is 0 Å². The molecule has 322 valence electrons. The summed E-state index contributed by atoms with van der Waals surface area (Å²) in [4.78, 5) is 71.9. The fourth-order valence-corrected chi connectivity index (χ4v) is 8.57. The Hall–Kier alpha value is -4.52. The maximum atomic E-state index is 13.7. The number of methoxy groups -OCH3 is 2. The topological polar surface area (TPSA) is 175 Å². The summed E-state index contributed by atoms with van der Waals surface area (Å²) in [5.74, 6) is 1.65. The normalized spacial score (nSPS) is 19.2. The number of carbonyl (C=O) groups is 4. The third-order valence-electron chi connectivity index (χ3n) is 11.9. The summed E-state index contributed by atoms with van der Waals surface area (Å²) >= 11 is 0. The molecule has 2 aliphatic carbocycles. The number of H-pyrrole nitrogens is 2. The van der Waals surface area contributed by atoms with Gasteiger partial charge in [-0.15, -0.1) is 0 Å². The number of nitrogens with zero attached hydrogens (tertiary/aromatic N) is 4. The molecule has 4 fully saturated rings. The van der Waals surface area contributed by atoms with Crippen LogP contribution >= 0.6 is 54.0 Å². The maximum absolute atomic E-state index is 13.7. The van der Waals surface area contributed by atoms with Gasteiger partial charge in [0.25, 0.3) is 0 Å². The molecule has 2 aromatic heterocycles. The van der Waals surface area contributed by atoms with Crippen LogP contribution in [0.1, 0.15) is 75.1 Å². The third kappa shape index (κ3) is 9.35. The van der Waals surface area contributed by atoms with Crippen molar-refractivity contribution in [3.05, 3.63) is 72.3 Å². The van der Waals surface area contributed by atoms with Crippen LogP contribution in [0.5, 0.6) is 0 Å². The Bertz CT molecular complexity index is 2170. The minimum Gasteiger partial charge on any atom is -0.453 e. The van der Waals surface area contributed by atoms with Crippen LogP contribution < -0.4 is 10.6 Å². The van der Waals surface area contributed by atoms with Crippen LogP contribution in [0.4, 0.5) is 9.59 Å². The lowest BCUT2D eigenvalue weighted by Gasteiger charge is -2.28. The molecule has 18 heteroatoms. The molecule has 4 N–H and O–H groups in total. The van der Waals surface area contributed by atoms with Gasteiger partial charge in [0, 0.05) is 13.1 Å². The summed E-state index contributed by atoms with van der Waals surface area (Å²) in [6.07, 6.45) is 5.84. The van der Waals surface area contributed by atoms with Gasteiger partial charge in [0.2, 0.25) is 11.8 Å². The number of hydrogen-bond acceptors (Lipinski definition) is 8. The summed E-state index contributed by atoms with van der Waals surface area (Å²) in [6, 6.07) is 19.3. The highest BCUT2D eigenvalue weighted by molar-refractivity contribution is 7.59. The third-order valence-corrected chi connectivity index (χ3v) is 11.9. The Balaban J connectivity index is 0.00000171. The van der Waals surface area contributed by atoms with Crippen LogP contribution in [0.2, 0.25) is 0 Å². The Kier molecular flexibility index (Phi) is 15.1. The molecule has 4 atom stereocenters. The van der Waals surface area contributed by atoms with Crippen molar-refractivity contribution >= 4 is 100 Å². The van der Waals surface area contributed by atoms with Crippen molar-refractivity contribution in [2.24, 2.45) is 11.8 Å². The lowest BCUT2D eigenvalue weighted by molar-refractivity contribution is -0.135. The number of aromatic amines is 2. The highest BCUT2D eigenvalue weighted by Gasteiger charge is 2.44. The van der Waals surface area contributed by atoms with Crippen molar-refractivity contribution in [1.29, 1.82) is 0 Å². The van der Waals surface area contributed by atoms with E-state index in [0.717, 1.165) is 107 Å². The fourth-order valence-electron chi connectivity index (χ4n) is 8.57. The first-order valence-corrected chi connectivity index (χ1v) is 19.7. The molecule has 4 amide bonds. The Morgan fingerprint density at radius 3 is 1.30 bits per heavy atom. The van der Waals surface area contributed by atoms with Gasteiger partial charge in [-0.3, -0.25) is 9.59 Å². The molecule has 0 spiro atoms. The molecule has 3 aromatic carbocycles. The zero-order valence-corrected chi connectivity index (χ0v) is 37.5. The molecule has 0 unspecified atom stereocenters. The van der Waals surface area contributed by atoms with Crippen LogP contribution in [-0.2, 0) is 19.1 Å². The minimum absolute atomic E-state index is 0. The van der Waals surface area contributed by atoms with Crippen molar-refractivity contribution in [2.75, 3.05) is 27.3 Å². The molecule has 0 bridgehead atoms. The largest absolute Gasteiger partial charge is 0.453 e. The summed E-state index contributed by atoms with van der Waals surface area (Å²) < 4.78 is 9.60. The zero-order chi connectivity index (χ0) is 38.5. The quantitative estimate of drug-likeness (QED) is 0.118. The van der Waals surface area contributed by atoms with E-state index in [4.69, 9.17) is 19.4 Å². The van der Waals surface area contributed by atoms with Gasteiger partial charge in [-0.05, 0) is 110 Å². The predicted molar refractivity (Wildman–Crippen MR) is 250 cm³/mol. The average molecular weight is 895 g/mol. The van der Waals surface area contributed by atoms with Crippen molar-refractivity contribution in [3.8, 4) is 22.3 Å². The summed E-state index contributed by atoms with van der Waals surface area (Å²) in [5, 5.41) is 5.54. The Morgan fingerprint density at radius 1 is 0.583 bits per heavy atom. The monoisotopic (exact) mass is 894 g/mol. The Morgan fingerprint density at radius 2 is 0.950 bits per heavy atom. The van der Waals surface area contributed by atoms with Gasteiger partial charge in [-0.1, -0.05) is 36.4 Å². The first-order valence-electron chi connectivity index (χ1n) is 19.7. The number of likely N-dealkylation sites (tertiary alicyclic amines) is 2. The maximum Gasteiger partial charge on any atom is 0.407 e. The van der Waals surface area contributed by atoms with Crippen molar-refractivity contribution in [3.63, 3.8) is 0 Å². The highest BCUT2D eigenvalue weighted by atomic mass is 32.1. The molecule has 4 aliphatic rings. The molecular formula is C42H54N8O6S4. The van der Waals surface area contributed by atoms with E-state index in [-0.39, 0.29) is 89.7 Å². The standard InChI is InChI=1S/C42H46N8O6.4H2S/c1-55-41(53)47-35(25-11-12-25)39(51)49-19-3-5-33(49)37-43-29-17-15-27(21-31(29)45-37)23-7-9-24(10-8-23)28-16-18-30-32(22-28)46-38(44-30)34-6-4-20-50(34)40(52)36(26-13-14-26)48-42(54)56-2;;;;/h7-10,15-18,21-22,25-26,33-36H,3-6,11-14,19-20H2,1-2H3,(H,43,45)(H,44,46)(H,47,53)(H,48,54);4*1H2/t33-,34-,35-,36-;;;;/m0..../s1.